The minimum absolute atomic E-state index is 0.0725. The van der Waals surface area contributed by atoms with Gasteiger partial charge in [0.25, 0.3) is 0 Å². The fourth-order valence-corrected chi connectivity index (χ4v) is 2.20. The van der Waals surface area contributed by atoms with Gasteiger partial charge in [-0.15, -0.1) is 0 Å². The number of carbonyl (C=O) groups excluding carboxylic acids is 1. The smallest absolute Gasteiger partial charge is 0.339 e. The molecule has 6 nitrogen and oxygen atoms in total. The van der Waals surface area contributed by atoms with Crippen molar-refractivity contribution >= 4 is 39.3 Å². The van der Waals surface area contributed by atoms with Crippen molar-refractivity contribution in [2.75, 3.05) is 5.32 Å². The molecule has 0 fully saturated rings. The van der Waals surface area contributed by atoms with Gasteiger partial charge in [-0.25, -0.2) is 10.2 Å². The van der Waals surface area contributed by atoms with Crippen molar-refractivity contribution in [1.82, 2.24) is 5.43 Å². The molecule has 0 atom stereocenters. The van der Waals surface area contributed by atoms with E-state index in [2.05, 4.69) is 31.8 Å². The van der Waals surface area contributed by atoms with Gasteiger partial charge in [-0.2, -0.15) is 5.10 Å². The average Bonchev–Trinajstić information content (AvgIpc) is 2.57. The van der Waals surface area contributed by atoms with Crippen LogP contribution in [-0.4, -0.2) is 22.8 Å². The van der Waals surface area contributed by atoms with Crippen molar-refractivity contribution in [3.05, 3.63) is 64.6 Å². The zero-order chi connectivity index (χ0) is 17.4. The summed E-state index contributed by atoms with van der Waals surface area (Å²) in [6, 6.07) is 15.7. The van der Waals surface area contributed by atoms with Crippen molar-refractivity contribution in [2.45, 2.75) is 12.8 Å². The predicted molar refractivity (Wildman–Crippen MR) is 96.1 cm³/mol. The molecule has 2 rings (SSSR count). The molecule has 2 amide bonds. The first-order valence-corrected chi connectivity index (χ1v) is 8.00. The number of benzene rings is 2. The molecule has 3 N–H and O–H groups in total. The first kappa shape index (κ1) is 17.7. The number of hydrazone groups is 1. The molecule has 2 aromatic carbocycles. The predicted octanol–water partition coefficient (Wildman–Crippen LogP) is 3.84. The van der Waals surface area contributed by atoms with E-state index in [9.17, 15) is 9.59 Å². The van der Waals surface area contributed by atoms with Gasteiger partial charge < -0.3 is 10.4 Å². The molecule has 24 heavy (non-hydrogen) atoms. The molecule has 7 heteroatoms. The number of hydrogen-bond donors (Lipinski definition) is 3. The molecule has 0 saturated carbocycles. The standard InChI is InChI=1S/C17H16BrN3O3/c18-13-8-6-12(7-9-13)15(10-11-16(22)23)20-21-17(24)19-14-4-2-1-3-5-14/h1-9H,10-11H2,(H,22,23)(H2,19,21,24)/b20-15-. The molecule has 0 spiro atoms. The Labute approximate surface area is 147 Å². The number of nitrogens with one attached hydrogen (secondary N) is 2. The molecule has 0 unspecified atom stereocenters. The monoisotopic (exact) mass is 389 g/mol. The molecule has 0 aliphatic rings. The van der Waals surface area contributed by atoms with Crippen molar-refractivity contribution in [2.24, 2.45) is 5.10 Å². The number of rotatable bonds is 6. The highest BCUT2D eigenvalue weighted by atomic mass is 79.9. The lowest BCUT2D eigenvalue weighted by atomic mass is 10.1. The largest absolute Gasteiger partial charge is 0.481 e. The Morgan fingerprint density at radius 3 is 2.29 bits per heavy atom. The van der Waals surface area contributed by atoms with Gasteiger partial charge in [0, 0.05) is 16.6 Å². The van der Waals surface area contributed by atoms with Crippen molar-refractivity contribution < 1.29 is 14.7 Å². The lowest BCUT2D eigenvalue weighted by Crippen LogP contribution is -2.25. The van der Waals surface area contributed by atoms with Crippen LogP contribution in [0.1, 0.15) is 18.4 Å². The van der Waals surface area contributed by atoms with E-state index in [1.165, 1.54) is 0 Å². The van der Waals surface area contributed by atoms with Gasteiger partial charge >= 0.3 is 12.0 Å². The highest BCUT2D eigenvalue weighted by Crippen LogP contribution is 2.13. The molecular weight excluding hydrogens is 374 g/mol. The summed E-state index contributed by atoms with van der Waals surface area (Å²) in [6.07, 6.45) is 0.138. The number of anilines is 1. The Kier molecular flexibility index (Phi) is 6.51. The number of nitrogens with zero attached hydrogens (tertiary/aromatic N) is 1. The Morgan fingerprint density at radius 1 is 1.00 bits per heavy atom. The number of urea groups is 1. The Bertz CT molecular complexity index is 731. The second-order valence-corrected chi connectivity index (χ2v) is 5.81. The summed E-state index contributed by atoms with van der Waals surface area (Å²) in [5.41, 5.74) is 4.28. The van der Waals surface area contributed by atoms with E-state index >= 15 is 0 Å². The molecule has 0 saturated heterocycles. The van der Waals surface area contributed by atoms with Crippen LogP contribution < -0.4 is 10.7 Å². The fraction of sp³-hybridized carbons (Fsp3) is 0.118. The van der Waals surface area contributed by atoms with Gasteiger partial charge in [0.05, 0.1) is 12.1 Å². The van der Waals surface area contributed by atoms with Gasteiger partial charge in [0.2, 0.25) is 0 Å². The van der Waals surface area contributed by atoms with Gasteiger partial charge in [-0.3, -0.25) is 4.79 Å². The van der Waals surface area contributed by atoms with Gasteiger partial charge in [0.1, 0.15) is 0 Å². The number of amides is 2. The summed E-state index contributed by atoms with van der Waals surface area (Å²) < 4.78 is 0.901. The summed E-state index contributed by atoms with van der Waals surface area (Å²) in [7, 11) is 0. The second-order valence-electron chi connectivity index (χ2n) is 4.89. The summed E-state index contributed by atoms with van der Waals surface area (Å²) in [4.78, 5) is 22.7. The van der Waals surface area contributed by atoms with Crippen LogP contribution in [0.5, 0.6) is 0 Å². The van der Waals surface area contributed by atoms with E-state index in [1.54, 1.807) is 24.3 Å². The Hall–Kier alpha value is -2.67. The average molecular weight is 390 g/mol. The number of aliphatic carboxylic acids is 1. The van der Waals surface area contributed by atoms with Crippen LogP contribution in [-0.2, 0) is 4.79 Å². The summed E-state index contributed by atoms with van der Waals surface area (Å²) in [5.74, 6) is -0.923. The van der Waals surface area contributed by atoms with E-state index in [1.807, 2.05) is 30.3 Å². The molecule has 0 aliphatic carbocycles. The van der Waals surface area contributed by atoms with Crippen LogP contribution in [0.15, 0.2) is 64.2 Å². The molecule has 0 bridgehead atoms. The third-order valence-corrected chi connectivity index (χ3v) is 3.61. The third-order valence-electron chi connectivity index (χ3n) is 3.08. The van der Waals surface area contributed by atoms with E-state index in [4.69, 9.17) is 5.11 Å². The van der Waals surface area contributed by atoms with Crippen molar-refractivity contribution in [3.63, 3.8) is 0 Å². The Balaban J connectivity index is 2.07. The zero-order valence-corrected chi connectivity index (χ0v) is 14.3. The topological polar surface area (TPSA) is 90.8 Å². The third kappa shape index (κ3) is 5.85. The minimum atomic E-state index is -0.923. The molecule has 2 aromatic rings. The SMILES string of the molecule is O=C(O)CC/C(=N/NC(=O)Nc1ccccc1)c1ccc(Br)cc1. The van der Waals surface area contributed by atoms with Crippen molar-refractivity contribution in [1.29, 1.82) is 0 Å². The number of para-hydroxylation sites is 1. The van der Waals surface area contributed by atoms with Crippen LogP contribution >= 0.6 is 15.9 Å². The fourth-order valence-electron chi connectivity index (χ4n) is 1.93. The van der Waals surface area contributed by atoms with E-state index in [0.29, 0.717) is 11.4 Å². The summed E-state index contributed by atoms with van der Waals surface area (Å²) in [5, 5.41) is 15.6. The van der Waals surface area contributed by atoms with Crippen LogP contribution in [0.3, 0.4) is 0 Å². The van der Waals surface area contributed by atoms with Crippen LogP contribution in [0, 0.1) is 0 Å². The number of carboxylic acid groups (broad SMARTS) is 1. The maximum Gasteiger partial charge on any atom is 0.339 e. The van der Waals surface area contributed by atoms with Crippen LogP contribution in [0.25, 0.3) is 0 Å². The van der Waals surface area contributed by atoms with Gasteiger partial charge in [0.15, 0.2) is 0 Å². The summed E-state index contributed by atoms with van der Waals surface area (Å²) in [6.45, 7) is 0. The normalized spacial score (nSPS) is 11.0. The van der Waals surface area contributed by atoms with Crippen molar-refractivity contribution in [3.8, 4) is 0 Å². The first-order chi connectivity index (χ1) is 11.5. The maximum atomic E-state index is 11.9. The molecular formula is C17H16BrN3O3. The molecule has 0 heterocycles. The molecule has 0 aliphatic heterocycles. The number of carbonyl (C=O) groups is 2. The van der Waals surface area contributed by atoms with E-state index in [0.717, 1.165) is 10.0 Å². The highest BCUT2D eigenvalue weighted by molar-refractivity contribution is 9.10. The molecule has 0 aromatic heterocycles. The minimum Gasteiger partial charge on any atom is -0.481 e. The zero-order valence-electron chi connectivity index (χ0n) is 12.7. The second kappa shape index (κ2) is 8.83. The van der Waals surface area contributed by atoms with E-state index < -0.39 is 12.0 Å². The van der Waals surface area contributed by atoms with Crippen LogP contribution in [0.2, 0.25) is 0 Å². The Morgan fingerprint density at radius 2 is 1.67 bits per heavy atom. The maximum absolute atomic E-state index is 11.9. The number of carboxylic acids is 1. The lowest BCUT2D eigenvalue weighted by Gasteiger charge is -2.08. The van der Waals surface area contributed by atoms with E-state index in [-0.39, 0.29) is 12.8 Å². The lowest BCUT2D eigenvalue weighted by molar-refractivity contribution is -0.136. The van der Waals surface area contributed by atoms with Gasteiger partial charge in [-0.1, -0.05) is 46.3 Å². The quantitative estimate of drug-likeness (QED) is 0.517. The molecule has 124 valence electrons. The summed E-state index contributed by atoms with van der Waals surface area (Å²) >= 11 is 3.34. The first-order valence-electron chi connectivity index (χ1n) is 7.21. The number of halogens is 1. The highest BCUT2D eigenvalue weighted by Gasteiger charge is 2.08. The number of hydrogen-bond acceptors (Lipinski definition) is 3. The van der Waals surface area contributed by atoms with Crippen LogP contribution in [0.4, 0.5) is 10.5 Å². The molecule has 0 radical (unpaired) electrons. The van der Waals surface area contributed by atoms with Gasteiger partial charge in [-0.05, 0) is 29.8 Å².